The van der Waals surface area contributed by atoms with E-state index < -0.39 is 0 Å². The Morgan fingerprint density at radius 2 is 2.32 bits per heavy atom. The summed E-state index contributed by atoms with van der Waals surface area (Å²) in [7, 11) is 1.58. The molecule has 0 bridgehead atoms. The summed E-state index contributed by atoms with van der Waals surface area (Å²) in [6.07, 6.45) is 1.62. The zero-order valence-corrected chi connectivity index (χ0v) is 11.3. The minimum Gasteiger partial charge on any atom is -0.497 e. The van der Waals surface area contributed by atoms with E-state index in [0.29, 0.717) is 18.0 Å². The molecule has 0 unspecified atom stereocenters. The molecule has 104 valence electrons. The van der Waals surface area contributed by atoms with E-state index in [2.05, 4.69) is 11.9 Å². The van der Waals surface area contributed by atoms with Crippen LogP contribution in [0.2, 0.25) is 0 Å². The lowest BCUT2D eigenvalue weighted by Gasteiger charge is -2.21. The maximum absolute atomic E-state index is 12.1. The van der Waals surface area contributed by atoms with Gasteiger partial charge in [0.1, 0.15) is 5.75 Å². The number of hydrogen-bond acceptors (Lipinski definition) is 3. The van der Waals surface area contributed by atoms with Crippen molar-refractivity contribution in [3.8, 4) is 5.75 Å². The van der Waals surface area contributed by atoms with Gasteiger partial charge in [-0.2, -0.15) is 0 Å². The molecule has 2 amide bonds. The average molecular weight is 264 g/mol. The van der Waals surface area contributed by atoms with Crippen molar-refractivity contribution in [1.29, 1.82) is 0 Å². The normalized spacial score (nSPS) is 9.84. The Morgan fingerprint density at radius 1 is 1.58 bits per heavy atom. The molecule has 0 spiro atoms. The zero-order chi connectivity index (χ0) is 14.3. The third kappa shape index (κ3) is 4.30. The molecule has 0 aliphatic carbocycles. The van der Waals surface area contributed by atoms with E-state index in [1.54, 1.807) is 19.3 Å². The Morgan fingerprint density at radius 3 is 2.89 bits per heavy atom. The van der Waals surface area contributed by atoms with Gasteiger partial charge in [-0.1, -0.05) is 12.1 Å². The standard InChI is InChI=1S/C14H20N2O3/c1-4-7-16(8-9-17)14(18)15-13-10-12(19-3)6-5-11(13)2/h4-6,10,17H,1,7-9H2,2-3H3,(H,15,18). The van der Waals surface area contributed by atoms with Gasteiger partial charge in [-0.05, 0) is 18.6 Å². The molecule has 1 aromatic rings. The van der Waals surface area contributed by atoms with Gasteiger partial charge in [0.25, 0.3) is 0 Å². The highest BCUT2D eigenvalue weighted by Gasteiger charge is 2.12. The lowest BCUT2D eigenvalue weighted by atomic mass is 10.2. The number of aryl methyl sites for hydroxylation is 1. The van der Waals surface area contributed by atoms with E-state index in [4.69, 9.17) is 9.84 Å². The van der Waals surface area contributed by atoms with Crippen LogP contribution in [0.4, 0.5) is 10.5 Å². The number of benzene rings is 1. The SMILES string of the molecule is C=CCN(CCO)C(=O)Nc1cc(OC)ccc1C. The van der Waals surface area contributed by atoms with Crippen molar-refractivity contribution in [2.75, 3.05) is 32.1 Å². The molecule has 1 aromatic carbocycles. The van der Waals surface area contributed by atoms with Crippen LogP contribution in [0, 0.1) is 6.92 Å². The summed E-state index contributed by atoms with van der Waals surface area (Å²) < 4.78 is 5.13. The Balaban J connectivity index is 2.81. The second kappa shape index (κ2) is 7.43. The Labute approximate surface area is 113 Å². The molecular weight excluding hydrogens is 244 g/mol. The minimum absolute atomic E-state index is 0.0850. The maximum atomic E-state index is 12.1. The van der Waals surface area contributed by atoms with Gasteiger partial charge >= 0.3 is 6.03 Å². The van der Waals surface area contributed by atoms with Crippen LogP contribution in [0.1, 0.15) is 5.56 Å². The Bertz CT molecular complexity index is 446. The first-order valence-electron chi connectivity index (χ1n) is 6.04. The number of urea groups is 1. The average Bonchev–Trinajstić information content (AvgIpc) is 2.41. The van der Waals surface area contributed by atoms with Gasteiger partial charge < -0.3 is 20.1 Å². The van der Waals surface area contributed by atoms with Crippen molar-refractivity contribution < 1.29 is 14.6 Å². The van der Waals surface area contributed by atoms with E-state index in [1.165, 1.54) is 4.90 Å². The maximum Gasteiger partial charge on any atom is 0.322 e. The molecule has 0 saturated heterocycles. The number of amides is 2. The molecule has 0 aromatic heterocycles. The summed E-state index contributed by atoms with van der Waals surface area (Å²) in [6.45, 7) is 6.06. The fourth-order valence-corrected chi connectivity index (χ4v) is 1.61. The van der Waals surface area contributed by atoms with Crippen molar-refractivity contribution in [2.45, 2.75) is 6.92 Å². The molecule has 2 N–H and O–H groups in total. The van der Waals surface area contributed by atoms with Crippen molar-refractivity contribution in [3.05, 3.63) is 36.4 Å². The lowest BCUT2D eigenvalue weighted by molar-refractivity contribution is 0.195. The van der Waals surface area contributed by atoms with E-state index in [1.807, 2.05) is 19.1 Å². The number of carbonyl (C=O) groups excluding carboxylic acids is 1. The summed E-state index contributed by atoms with van der Waals surface area (Å²) in [6, 6.07) is 5.20. The molecule has 5 nitrogen and oxygen atoms in total. The summed E-state index contributed by atoms with van der Waals surface area (Å²) in [5, 5.41) is 11.7. The predicted octanol–water partition coefficient (Wildman–Crippen LogP) is 2.02. The minimum atomic E-state index is -0.273. The molecule has 1 rings (SSSR count). The fraction of sp³-hybridized carbons (Fsp3) is 0.357. The number of aliphatic hydroxyl groups is 1. The Kier molecular flexibility index (Phi) is 5.89. The van der Waals surface area contributed by atoms with Crippen LogP contribution in [-0.4, -0.2) is 42.8 Å². The number of rotatable bonds is 6. The Hall–Kier alpha value is -2.01. The van der Waals surface area contributed by atoms with Gasteiger partial charge in [-0.15, -0.1) is 6.58 Å². The van der Waals surface area contributed by atoms with Gasteiger partial charge in [0.2, 0.25) is 0 Å². The van der Waals surface area contributed by atoms with Crippen LogP contribution >= 0.6 is 0 Å². The molecule has 0 heterocycles. The van der Waals surface area contributed by atoms with Gasteiger partial charge in [0.15, 0.2) is 0 Å². The second-order valence-corrected chi connectivity index (χ2v) is 4.07. The smallest absolute Gasteiger partial charge is 0.322 e. The summed E-state index contributed by atoms with van der Waals surface area (Å²) in [5.41, 5.74) is 1.63. The van der Waals surface area contributed by atoms with Gasteiger partial charge in [-0.25, -0.2) is 4.79 Å². The molecule has 5 heteroatoms. The number of aliphatic hydroxyl groups excluding tert-OH is 1. The number of carbonyl (C=O) groups is 1. The molecule has 0 saturated carbocycles. The van der Waals surface area contributed by atoms with E-state index >= 15 is 0 Å². The monoisotopic (exact) mass is 264 g/mol. The number of nitrogens with zero attached hydrogens (tertiary/aromatic N) is 1. The fourth-order valence-electron chi connectivity index (χ4n) is 1.61. The summed E-state index contributed by atoms with van der Waals surface area (Å²) in [4.78, 5) is 13.5. The van der Waals surface area contributed by atoms with Crippen molar-refractivity contribution in [1.82, 2.24) is 4.90 Å². The van der Waals surface area contributed by atoms with Crippen LogP contribution < -0.4 is 10.1 Å². The van der Waals surface area contributed by atoms with Crippen LogP contribution in [0.15, 0.2) is 30.9 Å². The van der Waals surface area contributed by atoms with Gasteiger partial charge in [0, 0.05) is 24.8 Å². The van der Waals surface area contributed by atoms with Crippen molar-refractivity contribution in [2.24, 2.45) is 0 Å². The first kappa shape index (κ1) is 15.0. The molecule has 19 heavy (non-hydrogen) atoms. The zero-order valence-electron chi connectivity index (χ0n) is 11.3. The molecule has 0 radical (unpaired) electrons. The molecule has 0 aliphatic heterocycles. The highest BCUT2D eigenvalue weighted by molar-refractivity contribution is 5.90. The molecule has 0 fully saturated rings. The van der Waals surface area contributed by atoms with Crippen LogP contribution in [0.5, 0.6) is 5.75 Å². The number of nitrogens with one attached hydrogen (secondary N) is 1. The highest BCUT2D eigenvalue weighted by atomic mass is 16.5. The number of hydrogen-bond donors (Lipinski definition) is 2. The van der Waals surface area contributed by atoms with Gasteiger partial charge in [-0.3, -0.25) is 0 Å². The quantitative estimate of drug-likeness (QED) is 0.773. The van der Waals surface area contributed by atoms with Crippen molar-refractivity contribution in [3.63, 3.8) is 0 Å². The van der Waals surface area contributed by atoms with Crippen LogP contribution in [0.25, 0.3) is 0 Å². The predicted molar refractivity (Wildman–Crippen MR) is 75.6 cm³/mol. The highest BCUT2D eigenvalue weighted by Crippen LogP contribution is 2.21. The van der Waals surface area contributed by atoms with Crippen molar-refractivity contribution >= 4 is 11.7 Å². The lowest BCUT2D eigenvalue weighted by Crippen LogP contribution is -2.37. The van der Waals surface area contributed by atoms with E-state index in [9.17, 15) is 4.79 Å². The first-order valence-corrected chi connectivity index (χ1v) is 6.04. The largest absolute Gasteiger partial charge is 0.497 e. The van der Waals surface area contributed by atoms with Crippen LogP contribution in [0.3, 0.4) is 0 Å². The molecule has 0 atom stereocenters. The van der Waals surface area contributed by atoms with E-state index in [-0.39, 0.29) is 19.2 Å². The molecular formula is C14H20N2O3. The number of anilines is 1. The summed E-state index contributed by atoms with van der Waals surface area (Å²) in [5.74, 6) is 0.679. The van der Waals surface area contributed by atoms with E-state index in [0.717, 1.165) is 5.56 Å². The number of ether oxygens (including phenoxy) is 1. The van der Waals surface area contributed by atoms with Crippen LogP contribution in [-0.2, 0) is 0 Å². The third-order valence-electron chi connectivity index (χ3n) is 2.69. The number of methoxy groups -OCH3 is 1. The third-order valence-corrected chi connectivity index (χ3v) is 2.69. The van der Waals surface area contributed by atoms with Gasteiger partial charge in [0.05, 0.1) is 13.7 Å². The summed E-state index contributed by atoms with van der Waals surface area (Å²) >= 11 is 0. The molecule has 0 aliphatic rings. The first-order chi connectivity index (χ1) is 9.12. The second-order valence-electron chi connectivity index (χ2n) is 4.07. The topological polar surface area (TPSA) is 61.8 Å².